The second-order valence-electron chi connectivity index (χ2n) is 6.02. The van der Waals surface area contributed by atoms with E-state index < -0.39 is 5.97 Å². The Balaban J connectivity index is 3.31. The van der Waals surface area contributed by atoms with Crippen LogP contribution < -0.4 is 5.11 Å². The summed E-state index contributed by atoms with van der Waals surface area (Å²) in [6.45, 7) is 3.30. The fourth-order valence-electron chi connectivity index (χ4n) is 2.28. The van der Waals surface area contributed by atoms with E-state index in [4.69, 9.17) is 0 Å². The smallest absolute Gasteiger partial charge is 0.119 e. The van der Waals surface area contributed by atoms with Crippen LogP contribution in [0.1, 0.15) is 64.7 Å². The number of hydrogen-bond donors (Lipinski definition) is 0. The molecule has 0 saturated heterocycles. The third-order valence-corrected chi connectivity index (χ3v) is 3.42. The van der Waals surface area contributed by atoms with E-state index in [-0.39, 0.29) is 6.54 Å². The van der Waals surface area contributed by atoms with Gasteiger partial charge in [-0.2, -0.15) is 0 Å². The lowest BCUT2D eigenvalue weighted by Crippen LogP contribution is -2.48. The second-order valence-corrected chi connectivity index (χ2v) is 6.02. The highest BCUT2D eigenvalue weighted by Gasteiger charge is 2.14. The van der Waals surface area contributed by atoms with Gasteiger partial charge in [0.2, 0.25) is 0 Å². The lowest BCUT2D eigenvalue weighted by Gasteiger charge is -2.30. The fourth-order valence-corrected chi connectivity index (χ4v) is 2.28. The fraction of sp³-hybridized carbons (Fsp3) is 0.933. The van der Waals surface area contributed by atoms with Crippen LogP contribution in [0.25, 0.3) is 0 Å². The Labute approximate surface area is 113 Å². The predicted octanol–water partition coefficient (Wildman–Crippen LogP) is 2.34. The lowest BCUT2D eigenvalue weighted by atomic mass is 10.1. The van der Waals surface area contributed by atoms with Crippen LogP contribution in [0.5, 0.6) is 0 Å². The van der Waals surface area contributed by atoms with E-state index in [9.17, 15) is 9.90 Å². The maximum Gasteiger partial charge on any atom is 0.119 e. The predicted molar refractivity (Wildman–Crippen MR) is 74.1 cm³/mol. The van der Waals surface area contributed by atoms with Gasteiger partial charge in [-0.05, 0) is 12.8 Å². The van der Waals surface area contributed by atoms with E-state index in [1.165, 1.54) is 51.4 Å². The molecule has 0 aliphatic carbocycles. The number of unbranched alkanes of at least 4 members (excludes halogenated alkanes) is 8. The van der Waals surface area contributed by atoms with Crippen molar-refractivity contribution in [3.63, 3.8) is 0 Å². The maximum atomic E-state index is 10.5. The van der Waals surface area contributed by atoms with Gasteiger partial charge >= 0.3 is 0 Å². The van der Waals surface area contributed by atoms with Crippen LogP contribution in [0.15, 0.2) is 0 Å². The Kier molecular flexibility index (Phi) is 10.0. The SMILES string of the molecule is CCCCCCCCCCC[N+](C)(C)CC(=O)[O-]. The van der Waals surface area contributed by atoms with Crippen molar-refractivity contribution in [2.45, 2.75) is 64.7 Å². The number of nitrogens with zero attached hydrogens (tertiary/aromatic N) is 1. The molecule has 3 heteroatoms. The van der Waals surface area contributed by atoms with Gasteiger partial charge in [0.15, 0.2) is 0 Å². The summed E-state index contributed by atoms with van der Waals surface area (Å²) in [5.41, 5.74) is 0. The molecule has 0 atom stereocenters. The monoisotopic (exact) mass is 257 g/mol. The molecule has 0 spiro atoms. The van der Waals surface area contributed by atoms with Gasteiger partial charge in [-0.3, -0.25) is 0 Å². The molecular weight excluding hydrogens is 226 g/mol. The van der Waals surface area contributed by atoms with Crippen molar-refractivity contribution in [2.24, 2.45) is 0 Å². The molecule has 3 nitrogen and oxygen atoms in total. The summed E-state index contributed by atoms with van der Waals surface area (Å²) in [4.78, 5) is 10.5. The molecule has 0 aliphatic rings. The Morgan fingerprint density at radius 2 is 1.33 bits per heavy atom. The van der Waals surface area contributed by atoms with Gasteiger partial charge in [0.1, 0.15) is 6.54 Å². The third-order valence-electron chi connectivity index (χ3n) is 3.42. The van der Waals surface area contributed by atoms with Gasteiger partial charge in [0.05, 0.1) is 26.6 Å². The molecule has 0 saturated carbocycles. The zero-order chi connectivity index (χ0) is 13.9. The number of likely N-dealkylation sites (N-methyl/N-ethyl adjacent to an activating group) is 1. The maximum absolute atomic E-state index is 10.5. The van der Waals surface area contributed by atoms with E-state index in [1.807, 2.05) is 14.1 Å². The van der Waals surface area contributed by atoms with Crippen molar-refractivity contribution in [1.82, 2.24) is 0 Å². The highest BCUT2D eigenvalue weighted by molar-refractivity contribution is 5.65. The summed E-state index contributed by atoms with van der Waals surface area (Å²) in [5, 5.41) is 10.5. The first kappa shape index (κ1) is 17.4. The quantitative estimate of drug-likeness (QED) is 0.398. The molecule has 0 N–H and O–H groups in total. The Hall–Kier alpha value is -0.570. The van der Waals surface area contributed by atoms with E-state index in [0.29, 0.717) is 4.48 Å². The number of quaternary nitrogens is 1. The Morgan fingerprint density at radius 3 is 1.78 bits per heavy atom. The molecule has 108 valence electrons. The zero-order valence-electron chi connectivity index (χ0n) is 12.5. The van der Waals surface area contributed by atoms with E-state index >= 15 is 0 Å². The largest absolute Gasteiger partial charge is 0.544 e. The van der Waals surface area contributed by atoms with Gasteiger partial charge in [0.25, 0.3) is 0 Å². The first-order valence-corrected chi connectivity index (χ1v) is 7.50. The normalized spacial score (nSPS) is 11.7. The highest BCUT2D eigenvalue weighted by Crippen LogP contribution is 2.10. The third kappa shape index (κ3) is 11.9. The molecule has 0 aromatic carbocycles. The summed E-state index contributed by atoms with van der Waals surface area (Å²) in [7, 11) is 3.92. The van der Waals surface area contributed by atoms with Crippen molar-refractivity contribution in [3.05, 3.63) is 0 Å². The van der Waals surface area contributed by atoms with Gasteiger partial charge in [0, 0.05) is 0 Å². The topological polar surface area (TPSA) is 40.1 Å². The van der Waals surface area contributed by atoms with Gasteiger partial charge in [-0.25, -0.2) is 0 Å². The minimum atomic E-state index is -0.948. The molecular formula is C15H31NO2. The molecule has 0 amide bonds. The number of carbonyl (C=O) groups excluding carboxylic acids is 1. The average Bonchev–Trinajstić information content (AvgIpc) is 2.25. The van der Waals surface area contributed by atoms with Gasteiger partial charge in [-0.1, -0.05) is 51.9 Å². The van der Waals surface area contributed by atoms with E-state index in [1.54, 1.807) is 0 Å². The van der Waals surface area contributed by atoms with Crippen LogP contribution in [-0.4, -0.2) is 37.6 Å². The molecule has 18 heavy (non-hydrogen) atoms. The van der Waals surface area contributed by atoms with Crippen molar-refractivity contribution >= 4 is 5.97 Å². The summed E-state index contributed by atoms with van der Waals surface area (Å²) >= 11 is 0. The molecule has 0 aliphatic heterocycles. The van der Waals surface area contributed by atoms with Crippen LogP contribution >= 0.6 is 0 Å². The van der Waals surface area contributed by atoms with Crippen molar-refractivity contribution in [2.75, 3.05) is 27.2 Å². The minimum Gasteiger partial charge on any atom is -0.544 e. The number of carbonyl (C=O) groups is 1. The highest BCUT2D eigenvalue weighted by atomic mass is 16.4. The number of hydrogen-bond acceptors (Lipinski definition) is 2. The first-order valence-electron chi connectivity index (χ1n) is 7.50. The second kappa shape index (κ2) is 10.4. The lowest BCUT2D eigenvalue weighted by molar-refractivity contribution is -0.885. The average molecular weight is 257 g/mol. The van der Waals surface area contributed by atoms with Crippen molar-refractivity contribution in [3.8, 4) is 0 Å². The number of rotatable bonds is 12. The van der Waals surface area contributed by atoms with Crippen LogP contribution in [0.3, 0.4) is 0 Å². The minimum absolute atomic E-state index is 0.122. The van der Waals surface area contributed by atoms with E-state index in [2.05, 4.69) is 6.92 Å². The van der Waals surface area contributed by atoms with Crippen LogP contribution in [0.2, 0.25) is 0 Å². The molecule has 0 heterocycles. The summed E-state index contributed by atoms with van der Waals surface area (Å²) in [6.07, 6.45) is 11.8. The Morgan fingerprint density at radius 1 is 0.889 bits per heavy atom. The number of aliphatic carboxylic acids is 1. The molecule has 0 aromatic heterocycles. The molecule has 0 radical (unpaired) electrons. The van der Waals surface area contributed by atoms with Gasteiger partial charge in [-0.15, -0.1) is 0 Å². The molecule has 0 aromatic rings. The van der Waals surface area contributed by atoms with Gasteiger partial charge < -0.3 is 14.4 Å². The van der Waals surface area contributed by atoms with Crippen LogP contribution in [0, 0.1) is 0 Å². The van der Waals surface area contributed by atoms with Crippen molar-refractivity contribution in [1.29, 1.82) is 0 Å². The Bertz CT molecular complexity index is 215. The first-order chi connectivity index (χ1) is 8.48. The summed E-state index contributed by atoms with van der Waals surface area (Å²) < 4.78 is 0.541. The summed E-state index contributed by atoms with van der Waals surface area (Å²) in [6, 6.07) is 0. The zero-order valence-corrected chi connectivity index (χ0v) is 12.5. The number of carboxylic acids is 1. The summed E-state index contributed by atoms with van der Waals surface area (Å²) in [5.74, 6) is -0.948. The van der Waals surface area contributed by atoms with Crippen LogP contribution in [-0.2, 0) is 4.79 Å². The standard InChI is InChI=1S/C15H31NO2/c1-4-5-6-7-8-9-10-11-12-13-16(2,3)14-15(17)18/h4-14H2,1-3H3. The van der Waals surface area contributed by atoms with E-state index in [0.717, 1.165) is 13.0 Å². The van der Waals surface area contributed by atoms with Crippen LogP contribution in [0.4, 0.5) is 0 Å². The van der Waals surface area contributed by atoms with Crippen molar-refractivity contribution < 1.29 is 14.4 Å². The molecule has 0 bridgehead atoms. The molecule has 0 rings (SSSR count). The molecule has 0 unspecified atom stereocenters. The number of carboxylic acid groups (broad SMARTS) is 1. The molecule has 0 fully saturated rings.